The predicted octanol–water partition coefficient (Wildman–Crippen LogP) is 4.16. The number of hydrogen-bond donors (Lipinski definition) is 2. The first kappa shape index (κ1) is 19.8. The maximum atomic E-state index is 14.6. The van der Waals surface area contributed by atoms with E-state index in [-0.39, 0.29) is 28.5 Å². The summed E-state index contributed by atoms with van der Waals surface area (Å²) in [6, 6.07) is 13.8. The highest BCUT2D eigenvalue weighted by Gasteiger charge is 2.21. The highest BCUT2D eigenvalue weighted by Crippen LogP contribution is 2.27. The summed E-state index contributed by atoms with van der Waals surface area (Å²) in [5.41, 5.74) is 1.32. The van der Waals surface area contributed by atoms with E-state index in [0.29, 0.717) is 11.0 Å². The van der Waals surface area contributed by atoms with Crippen LogP contribution in [0.1, 0.15) is 25.7 Å². The van der Waals surface area contributed by atoms with Gasteiger partial charge in [0, 0.05) is 16.9 Å². The average Bonchev–Trinajstić information content (AvgIpc) is 3.41. The molecule has 4 aromatic rings. The van der Waals surface area contributed by atoms with E-state index >= 15 is 0 Å². The van der Waals surface area contributed by atoms with Gasteiger partial charge in [-0.05, 0) is 31.0 Å². The molecule has 5 rings (SSSR count). The number of H-pyrrole nitrogens is 1. The van der Waals surface area contributed by atoms with Gasteiger partial charge in [0.2, 0.25) is 5.91 Å². The minimum atomic E-state index is -0.529. The molecule has 0 aliphatic heterocycles. The lowest BCUT2D eigenvalue weighted by molar-refractivity contribution is -0.119. The third-order valence-corrected chi connectivity index (χ3v) is 6.58. The van der Waals surface area contributed by atoms with Crippen LogP contribution in [0.5, 0.6) is 0 Å². The molecule has 0 spiro atoms. The quantitative estimate of drug-likeness (QED) is 0.364. The molecule has 1 fully saturated rings. The van der Waals surface area contributed by atoms with Crippen LogP contribution >= 0.6 is 11.8 Å². The van der Waals surface area contributed by atoms with Crippen LogP contribution in [0.2, 0.25) is 0 Å². The summed E-state index contributed by atoms with van der Waals surface area (Å²) in [5.74, 6) is -0.532. The molecule has 2 aromatic carbocycles. The van der Waals surface area contributed by atoms with E-state index < -0.39 is 11.4 Å². The maximum Gasteiger partial charge on any atom is 0.283 e. The van der Waals surface area contributed by atoms with E-state index in [0.717, 1.165) is 48.3 Å². The van der Waals surface area contributed by atoms with Gasteiger partial charge in [0.25, 0.3) is 5.56 Å². The molecule has 0 bridgehead atoms. The van der Waals surface area contributed by atoms with Crippen molar-refractivity contribution < 1.29 is 9.18 Å². The molecule has 6 nitrogen and oxygen atoms in total. The van der Waals surface area contributed by atoms with Crippen molar-refractivity contribution in [1.82, 2.24) is 19.9 Å². The average molecular weight is 437 g/mol. The van der Waals surface area contributed by atoms with E-state index in [4.69, 9.17) is 4.98 Å². The molecule has 1 aliphatic rings. The summed E-state index contributed by atoms with van der Waals surface area (Å²) < 4.78 is 15.9. The van der Waals surface area contributed by atoms with E-state index in [2.05, 4.69) is 10.3 Å². The Labute approximate surface area is 181 Å². The topological polar surface area (TPSA) is 79.8 Å². The SMILES string of the molecule is O=C(CSc1nc2c([nH]c3ccccc32)c(=O)n1-c1ccccc1F)NC1CCCC1. The number of nitrogens with zero attached hydrogens (tertiary/aromatic N) is 2. The number of amides is 1. The molecule has 8 heteroatoms. The minimum absolute atomic E-state index is 0.102. The van der Waals surface area contributed by atoms with Gasteiger partial charge in [0.05, 0.1) is 11.4 Å². The molecule has 0 saturated heterocycles. The van der Waals surface area contributed by atoms with Gasteiger partial charge in [-0.1, -0.05) is 54.9 Å². The summed E-state index contributed by atoms with van der Waals surface area (Å²) in [6.07, 6.45) is 4.25. The first-order valence-corrected chi connectivity index (χ1v) is 11.3. The monoisotopic (exact) mass is 436 g/mol. The summed E-state index contributed by atoms with van der Waals surface area (Å²) in [7, 11) is 0. The molecule has 0 radical (unpaired) electrons. The second kappa shape index (κ2) is 8.19. The maximum absolute atomic E-state index is 14.6. The highest BCUT2D eigenvalue weighted by atomic mass is 32.2. The van der Waals surface area contributed by atoms with Gasteiger partial charge in [0.15, 0.2) is 5.16 Å². The van der Waals surface area contributed by atoms with Gasteiger partial charge in [0.1, 0.15) is 16.9 Å². The highest BCUT2D eigenvalue weighted by molar-refractivity contribution is 7.99. The second-order valence-electron chi connectivity index (χ2n) is 7.72. The Kier molecular flexibility index (Phi) is 5.23. The van der Waals surface area contributed by atoms with Gasteiger partial charge in [-0.2, -0.15) is 0 Å². The fourth-order valence-electron chi connectivity index (χ4n) is 4.15. The molecule has 0 unspecified atom stereocenters. The van der Waals surface area contributed by atoms with Gasteiger partial charge >= 0.3 is 0 Å². The zero-order valence-corrected chi connectivity index (χ0v) is 17.5. The number of hydrogen-bond acceptors (Lipinski definition) is 4. The first-order valence-electron chi connectivity index (χ1n) is 10.3. The number of halogens is 1. The molecule has 2 N–H and O–H groups in total. The fraction of sp³-hybridized carbons (Fsp3) is 0.261. The van der Waals surface area contributed by atoms with Crippen molar-refractivity contribution in [2.75, 3.05) is 5.75 Å². The number of thioether (sulfide) groups is 1. The summed E-state index contributed by atoms with van der Waals surface area (Å²) in [5, 5.41) is 4.14. The zero-order valence-electron chi connectivity index (χ0n) is 16.7. The van der Waals surface area contributed by atoms with Crippen molar-refractivity contribution in [2.45, 2.75) is 36.9 Å². The number of aromatic nitrogens is 3. The van der Waals surface area contributed by atoms with Gasteiger partial charge < -0.3 is 10.3 Å². The summed E-state index contributed by atoms with van der Waals surface area (Å²) in [6.45, 7) is 0. The van der Waals surface area contributed by atoms with Crippen LogP contribution in [0.25, 0.3) is 27.6 Å². The lowest BCUT2D eigenvalue weighted by Crippen LogP contribution is -2.34. The van der Waals surface area contributed by atoms with Gasteiger partial charge in [-0.25, -0.2) is 9.37 Å². The van der Waals surface area contributed by atoms with E-state index in [1.54, 1.807) is 12.1 Å². The Morgan fingerprint density at radius 3 is 2.71 bits per heavy atom. The third kappa shape index (κ3) is 3.72. The Morgan fingerprint density at radius 2 is 1.90 bits per heavy atom. The number of rotatable bonds is 5. The lowest BCUT2D eigenvalue weighted by Gasteiger charge is -2.14. The van der Waals surface area contributed by atoms with Crippen LogP contribution in [-0.2, 0) is 4.79 Å². The van der Waals surface area contributed by atoms with Crippen LogP contribution in [0.4, 0.5) is 4.39 Å². The normalized spacial score (nSPS) is 14.5. The number of para-hydroxylation sites is 2. The number of aromatic amines is 1. The number of carbonyl (C=O) groups is 1. The van der Waals surface area contributed by atoms with E-state index in [1.807, 2.05) is 24.3 Å². The van der Waals surface area contributed by atoms with E-state index in [9.17, 15) is 14.0 Å². The zero-order chi connectivity index (χ0) is 21.4. The molecule has 0 atom stereocenters. The molecule has 1 saturated carbocycles. The fourth-order valence-corrected chi connectivity index (χ4v) is 4.96. The van der Waals surface area contributed by atoms with Crippen LogP contribution < -0.4 is 10.9 Å². The molecular formula is C23H21FN4O2S. The Morgan fingerprint density at radius 1 is 1.16 bits per heavy atom. The molecule has 158 valence electrons. The van der Waals surface area contributed by atoms with Crippen LogP contribution in [0.15, 0.2) is 58.5 Å². The number of benzene rings is 2. The van der Waals surface area contributed by atoms with Crippen molar-refractivity contribution >= 4 is 39.6 Å². The van der Waals surface area contributed by atoms with E-state index in [1.165, 1.54) is 16.7 Å². The number of nitrogens with one attached hydrogen (secondary N) is 2. The number of carbonyl (C=O) groups excluding carboxylic acids is 1. The van der Waals surface area contributed by atoms with Crippen LogP contribution in [-0.4, -0.2) is 32.2 Å². The van der Waals surface area contributed by atoms with Gasteiger partial charge in [-0.15, -0.1) is 0 Å². The lowest BCUT2D eigenvalue weighted by atomic mass is 10.2. The van der Waals surface area contributed by atoms with Crippen molar-refractivity contribution in [3.63, 3.8) is 0 Å². The second-order valence-corrected chi connectivity index (χ2v) is 8.66. The van der Waals surface area contributed by atoms with Crippen molar-refractivity contribution in [1.29, 1.82) is 0 Å². The first-order chi connectivity index (χ1) is 15.1. The summed E-state index contributed by atoms with van der Waals surface area (Å²) >= 11 is 1.14. The molecular weight excluding hydrogens is 415 g/mol. The summed E-state index contributed by atoms with van der Waals surface area (Å²) in [4.78, 5) is 33.7. The Bertz CT molecular complexity index is 1340. The van der Waals surface area contributed by atoms with Gasteiger partial charge in [-0.3, -0.25) is 14.2 Å². The predicted molar refractivity (Wildman–Crippen MR) is 120 cm³/mol. The standard InChI is InChI=1S/C23H21FN4O2S/c24-16-10-4-6-12-18(16)28-22(30)21-20(15-9-3-5-11-17(15)26-21)27-23(28)31-13-19(29)25-14-7-1-2-8-14/h3-6,9-12,14,26H,1-2,7-8,13H2,(H,25,29). The largest absolute Gasteiger partial charge is 0.353 e. The van der Waals surface area contributed by atoms with Crippen LogP contribution in [0, 0.1) is 5.82 Å². The molecule has 31 heavy (non-hydrogen) atoms. The molecule has 2 heterocycles. The van der Waals surface area contributed by atoms with Crippen molar-refractivity contribution in [3.8, 4) is 5.69 Å². The minimum Gasteiger partial charge on any atom is -0.353 e. The smallest absolute Gasteiger partial charge is 0.283 e. The molecule has 2 aromatic heterocycles. The third-order valence-electron chi connectivity index (χ3n) is 5.64. The molecule has 1 amide bonds. The molecule has 1 aliphatic carbocycles. The Balaban J connectivity index is 1.59. The Hall–Kier alpha value is -3.13. The van der Waals surface area contributed by atoms with Crippen molar-refractivity contribution in [3.05, 3.63) is 64.7 Å². The van der Waals surface area contributed by atoms with Crippen LogP contribution in [0.3, 0.4) is 0 Å². The van der Waals surface area contributed by atoms with Crippen molar-refractivity contribution in [2.24, 2.45) is 0 Å². The number of fused-ring (bicyclic) bond motifs is 3.